The second-order valence-corrected chi connectivity index (χ2v) is 6.65. The van der Waals surface area contributed by atoms with Gasteiger partial charge in [-0.05, 0) is 24.7 Å². The van der Waals surface area contributed by atoms with Crippen LogP contribution in [0.25, 0.3) is 0 Å². The summed E-state index contributed by atoms with van der Waals surface area (Å²) in [5.74, 6) is 0. The molecule has 1 atom stereocenters. The average molecular weight is 276 g/mol. The molecule has 0 heterocycles. The molecule has 0 saturated carbocycles. The van der Waals surface area contributed by atoms with E-state index in [1.165, 1.54) is 0 Å². The summed E-state index contributed by atoms with van der Waals surface area (Å²) in [4.78, 5) is 0. The molecule has 2 heteroatoms. The molecule has 0 aliphatic carbocycles. The van der Waals surface area contributed by atoms with Crippen LogP contribution in [0.3, 0.4) is 0 Å². The van der Waals surface area contributed by atoms with Crippen molar-refractivity contribution in [3.05, 3.63) is 0 Å². The van der Waals surface area contributed by atoms with E-state index in [2.05, 4.69) is 27.7 Å². The molecule has 0 radical (unpaired) electrons. The van der Waals surface area contributed by atoms with Crippen molar-refractivity contribution in [1.82, 2.24) is 0 Å². The van der Waals surface area contributed by atoms with E-state index < -0.39 is 11.8 Å². The van der Waals surface area contributed by atoms with Crippen LogP contribution in [-0.4, -0.2) is 6.43 Å². The van der Waals surface area contributed by atoms with Gasteiger partial charge in [0, 0.05) is 5.41 Å². The van der Waals surface area contributed by atoms with E-state index in [0.717, 1.165) is 44.9 Å². The molecule has 0 nitrogen and oxygen atoms in total. The molecule has 0 aromatic rings. The Balaban J connectivity index is 5.06. The van der Waals surface area contributed by atoms with Gasteiger partial charge in [0.2, 0.25) is 6.43 Å². The van der Waals surface area contributed by atoms with Crippen molar-refractivity contribution < 1.29 is 8.78 Å². The van der Waals surface area contributed by atoms with Gasteiger partial charge in [-0.3, -0.25) is 0 Å². The number of hydrogen-bond donors (Lipinski definition) is 0. The molecule has 116 valence electrons. The minimum absolute atomic E-state index is 0.263. The summed E-state index contributed by atoms with van der Waals surface area (Å²) >= 11 is 0. The zero-order valence-corrected chi connectivity index (χ0v) is 13.7. The van der Waals surface area contributed by atoms with Gasteiger partial charge in [0.15, 0.2) is 0 Å². The van der Waals surface area contributed by atoms with E-state index in [9.17, 15) is 8.78 Å². The highest BCUT2D eigenvalue weighted by Crippen LogP contribution is 2.53. The molecule has 0 saturated heterocycles. The van der Waals surface area contributed by atoms with Crippen molar-refractivity contribution in [3.8, 4) is 0 Å². The largest absolute Gasteiger partial charge is 0.244 e. The van der Waals surface area contributed by atoms with Crippen LogP contribution in [0.2, 0.25) is 0 Å². The van der Waals surface area contributed by atoms with E-state index in [4.69, 9.17) is 0 Å². The van der Waals surface area contributed by atoms with E-state index in [1.54, 1.807) is 0 Å². The molecule has 0 aromatic carbocycles. The second-order valence-electron chi connectivity index (χ2n) is 6.65. The van der Waals surface area contributed by atoms with Crippen molar-refractivity contribution in [1.29, 1.82) is 0 Å². The molecule has 0 fully saturated rings. The molecule has 0 amide bonds. The number of rotatable bonds is 11. The van der Waals surface area contributed by atoms with Crippen LogP contribution in [0.5, 0.6) is 0 Å². The van der Waals surface area contributed by atoms with Crippen LogP contribution < -0.4 is 0 Å². The third-order valence-corrected chi connectivity index (χ3v) is 4.84. The first-order chi connectivity index (χ1) is 8.88. The lowest BCUT2D eigenvalue weighted by molar-refractivity contribution is -0.104. The summed E-state index contributed by atoms with van der Waals surface area (Å²) in [6.07, 6.45) is 6.17. The number of halogens is 2. The molecule has 0 aliphatic heterocycles. The van der Waals surface area contributed by atoms with E-state index in [0.29, 0.717) is 12.8 Å². The highest BCUT2D eigenvalue weighted by molar-refractivity contribution is 4.94. The summed E-state index contributed by atoms with van der Waals surface area (Å²) in [5.41, 5.74) is -1.05. The fourth-order valence-corrected chi connectivity index (χ4v) is 3.32. The SMILES string of the molecule is CCCCCC(CCC)(C(F)F)C(C)(C)CCCC. The predicted octanol–water partition coefficient (Wildman–Crippen LogP) is 6.83. The Kier molecular flexibility index (Phi) is 8.85. The Morgan fingerprint density at radius 1 is 0.737 bits per heavy atom. The summed E-state index contributed by atoms with van der Waals surface area (Å²) in [6.45, 7) is 10.4. The number of hydrogen-bond acceptors (Lipinski definition) is 0. The van der Waals surface area contributed by atoms with E-state index in [-0.39, 0.29) is 5.41 Å². The molecule has 0 rings (SSSR count). The first kappa shape index (κ1) is 18.9. The minimum Gasteiger partial charge on any atom is -0.210 e. The third kappa shape index (κ3) is 5.04. The predicted molar refractivity (Wildman–Crippen MR) is 80.8 cm³/mol. The first-order valence-corrected chi connectivity index (χ1v) is 8.16. The Labute approximate surface area is 119 Å². The molecule has 0 aliphatic rings. The van der Waals surface area contributed by atoms with Gasteiger partial charge in [0.05, 0.1) is 0 Å². The van der Waals surface area contributed by atoms with Crippen LogP contribution in [0.1, 0.15) is 92.4 Å². The van der Waals surface area contributed by atoms with Gasteiger partial charge in [-0.15, -0.1) is 0 Å². The van der Waals surface area contributed by atoms with Crippen LogP contribution in [0.4, 0.5) is 8.78 Å². The lowest BCUT2D eigenvalue weighted by Crippen LogP contribution is -2.44. The Bertz CT molecular complexity index is 223. The van der Waals surface area contributed by atoms with Gasteiger partial charge < -0.3 is 0 Å². The van der Waals surface area contributed by atoms with Crippen molar-refractivity contribution >= 4 is 0 Å². The Morgan fingerprint density at radius 3 is 1.74 bits per heavy atom. The van der Waals surface area contributed by atoms with Gasteiger partial charge in [-0.1, -0.05) is 73.1 Å². The Hall–Kier alpha value is -0.140. The summed E-state index contributed by atoms with van der Waals surface area (Å²) in [6, 6.07) is 0. The molecular weight excluding hydrogens is 242 g/mol. The standard InChI is InChI=1S/C17H34F2/c1-6-9-11-14-17(12-8-3,15(18)19)16(4,5)13-10-7-2/h15H,6-14H2,1-5H3. The van der Waals surface area contributed by atoms with Gasteiger partial charge in [-0.2, -0.15) is 0 Å². The maximum absolute atomic E-state index is 13.9. The molecule has 19 heavy (non-hydrogen) atoms. The highest BCUT2D eigenvalue weighted by Gasteiger charge is 2.49. The summed E-state index contributed by atoms with van der Waals surface area (Å²) in [7, 11) is 0. The second kappa shape index (κ2) is 8.92. The van der Waals surface area contributed by atoms with Gasteiger partial charge in [0.25, 0.3) is 0 Å². The quantitative estimate of drug-likeness (QED) is 0.363. The lowest BCUT2D eigenvalue weighted by atomic mass is 9.59. The normalized spacial score (nSPS) is 15.8. The molecule has 0 N–H and O–H groups in total. The van der Waals surface area contributed by atoms with Crippen LogP contribution >= 0.6 is 0 Å². The van der Waals surface area contributed by atoms with E-state index in [1.807, 2.05) is 6.92 Å². The van der Waals surface area contributed by atoms with Crippen molar-refractivity contribution in [2.45, 2.75) is 98.8 Å². The highest BCUT2D eigenvalue weighted by atomic mass is 19.3. The van der Waals surface area contributed by atoms with Crippen LogP contribution in [0, 0.1) is 10.8 Å². The Morgan fingerprint density at radius 2 is 1.32 bits per heavy atom. The summed E-state index contributed by atoms with van der Waals surface area (Å²) in [5, 5.41) is 0. The molecule has 0 spiro atoms. The van der Waals surface area contributed by atoms with Crippen molar-refractivity contribution in [2.24, 2.45) is 10.8 Å². The van der Waals surface area contributed by atoms with Crippen LogP contribution in [0.15, 0.2) is 0 Å². The van der Waals surface area contributed by atoms with Crippen molar-refractivity contribution in [3.63, 3.8) is 0 Å². The third-order valence-electron chi connectivity index (χ3n) is 4.84. The number of alkyl halides is 2. The average Bonchev–Trinajstić information content (AvgIpc) is 2.35. The minimum atomic E-state index is -2.20. The van der Waals surface area contributed by atoms with Crippen LogP contribution in [-0.2, 0) is 0 Å². The van der Waals surface area contributed by atoms with Gasteiger partial charge >= 0.3 is 0 Å². The smallest absolute Gasteiger partial charge is 0.210 e. The zero-order chi connectivity index (χ0) is 14.9. The first-order valence-electron chi connectivity index (χ1n) is 8.16. The topological polar surface area (TPSA) is 0 Å². The fraction of sp³-hybridized carbons (Fsp3) is 1.00. The monoisotopic (exact) mass is 276 g/mol. The van der Waals surface area contributed by atoms with E-state index >= 15 is 0 Å². The maximum Gasteiger partial charge on any atom is 0.244 e. The maximum atomic E-state index is 13.9. The van der Waals surface area contributed by atoms with Gasteiger partial charge in [0.1, 0.15) is 0 Å². The lowest BCUT2D eigenvalue weighted by Gasteiger charge is -2.47. The van der Waals surface area contributed by atoms with Crippen molar-refractivity contribution in [2.75, 3.05) is 0 Å². The molecular formula is C17H34F2. The van der Waals surface area contributed by atoms with Gasteiger partial charge in [-0.25, -0.2) is 8.78 Å². The molecule has 1 unspecified atom stereocenters. The fourth-order valence-electron chi connectivity index (χ4n) is 3.32. The molecule has 0 aromatic heterocycles. The number of unbranched alkanes of at least 4 members (excludes halogenated alkanes) is 3. The summed E-state index contributed by atoms with van der Waals surface area (Å²) < 4.78 is 27.8. The molecule has 0 bridgehead atoms. The zero-order valence-electron chi connectivity index (χ0n) is 13.7.